The zero-order valence-electron chi connectivity index (χ0n) is 10.9. The van der Waals surface area contributed by atoms with Crippen LogP contribution in [-0.2, 0) is 11.3 Å². The molecule has 0 radical (unpaired) electrons. The minimum Gasteiger partial charge on any atom is -0.324 e. The average Bonchev–Trinajstić information content (AvgIpc) is 2.61. The molecule has 0 aliphatic carbocycles. The van der Waals surface area contributed by atoms with E-state index in [0.717, 1.165) is 15.9 Å². The molecule has 1 heterocycles. The summed E-state index contributed by atoms with van der Waals surface area (Å²) in [4.78, 5) is 12.0. The van der Waals surface area contributed by atoms with Gasteiger partial charge in [0.05, 0.1) is 25.9 Å². The Morgan fingerprint density at radius 2 is 2.05 bits per heavy atom. The Bertz CT molecular complexity index is 670. The van der Waals surface area contributed by atoms with Gasteiger partial charge in [0.2, 0.25) is 5.91 Å². The number of benzene rings is 1. The molecule has 1 amide bonds. The van der Waals surface area contributed by atoms with E-state index in [2.05, 4.69) is 26.3 Å². The molecule has 0 atom stereocenters. The van der Waals surface area contributed by atoms with E-state index in [-0.39, 0.29) is 12.5 Å². The van der Waals surface area contributed by atoms with Crippen molar-refractivity contribution in [2.75, 3.05) is 5.32 Å². The maximum atomic E-state index is 12.0. The number of hydrogen-bond acceptors (Lipinski definition) is 2. The van der Waals surface area contributed by atoms with Crippen LogP contribution in [0.2, 0.25) is 10.0 Å². The largest absolute Gasteiger partial charge is 0.324 e. The van der Waals surface area contributed by atoms with E-state index < -0.39 is 0 Å². The van der Waals surface area contributed by atoms with Gasteiger partial charge >= 0.3 is 0 Å². The minimum absolute atomic E-state index is 0.137. The fourth-order valence-corrected chi connectivity index (χ4v) is 2.32. The van der Waals surface area contributed by atoms with Crippen LogP contribution < -0.4 is 5.32 Å². The van der Waals surface area contributed by atoms with Gasteiger partial charge in [-0.3, -0.25) is 9.48 Å². The summed E-state index contributed by atoms with van der Waals surface area (Å²) in [6.07, 6.45) is 0. The van der Waals surface area contributed by atoms with Crippen molar-refractivity contribution < 1.29 is 4.79 Å². The van der Waals surface area contributed by atoms with Gasteiger partial charge in [0.15, 0.2) is 0 Å². The monoisotopic (exact) mass is 375 g/mol. The number of amides is 1. The summed E-state index contributed by atoms with van der Waals surface area (Å²) in [5.74, 6) is -0.179. The van der Waals surface area contributed by atoms with Gasteiger partial charge in [0, 0.05) is 5.69 Å². The Morgan fingerprint density at radius 3 is 2.60 bits per heavy atom. The molecule has 1 aromatic heterocycles. The summed E-state index contributed by atoms with van der Waals surface area (Å²) < 4.78 is 2.56. The molecule has 0 bridgehead atoms. The first-order valence-corrected chi connectivity index (χ1v) is 7.38. The fourth-order valence-electron chi connectivity index (χ4n) is 1.74. The quantitative estimate of drug-likeness (QED) is 0.872. The molecule has 4 nitrogen and oxygen atoms in total. The molecule has 2 aromatic rings. The number of halogens is 3. The highest BCUT2D eigenvalue weighted by molar-refractivity contribution is 9.10. The van der Waals surface area contributed by atoms with Gasteiger partial charge in [-0.1, -0.05) is 23.2 Å². The fraction of sp³-hybridized carbons (Fsp3) is 0.231. The van der Waals surface area contributed by atoms with Crippen molar-refractivity contribution in [3.05, 3.63) is 44.1 Å². The third kappa shape index (κ3) is 3.34. The molecular formula is C13H12BrCl2N3O. The SMILES string of the molecule is Cc1nn(CC(=O)Nc2ccc(Cl)c(Cl)c2)c(C)c1Br. The summed E-state index contributed by atoms with van der Waals surface area (Å²) in [6.45, 7) is 3.92. The van der Waals surface area contributed by atoms with Crippen molar-refractivity contribution >= 4 is 50.7 Å². The number of carbonyl (C=O) groups excluding carboxylic acids is 1. The molecule has 7 heteroatoms. The number of nitrogens with zero attached hydrogens (tertiary/aromatic N) is 2. The van der Waals surface area contributed by atoms with E-state index in [1.807, 2.05) is 13.8 Å². The number of rotatable bonds is 3. The number of aryl methyl sites for hydroxylation is 1. The zero-order valence-corrected chi connectivity index (χ0v) is 14.0. The number of aromatic nitrogens is 2. The predicted molar refractivity (Wildman–Crippen MR) is 84.5 cm³/mol. The van der Waals surface area contributed by atoms with Crippen molar-refractivity contribution in [3.8, 4) is 0 Å². The highest BCUT2D eigenvalue weighted by atomic mass is 79.9. The van der Waals surface area contributed by atoms with E-state index in [0.29, 0.717) is 15.7 Å². The second kappa shape index (κ2) is 6.16. The second-order valence-corrected chi connectivity index (χ2v) is 5.93. The summed E-state index contributed by atoms with van der Waals surface area (Å²) in [7, 11) is 0. The van der Waals surface area contributed by atoms with Crippen LogP contribution in [0.25, 0.3) is 0 Å². The van der Waals surface area contributed by atoms with Gasteiger partial charge < -0.3 is 5.32 Å². The predicted octanol–water partition coefficient (Wildman–Crippen LogP) is 4.21. The lowest BCUT2D eigenvalue weighted by Crippen LogP contribution is -2.20. The van der Waals surface area contributed by atoms with Crippen molar-refractivity contribution in [3.63, 3.8) is 0 Å². The first-order chi connectivity index (χ1) is 9.38. The lowest BCUT2D eigenvalue weighted by atomic mass is 10.3. The Kier molecular flexibility index (Phi) is 4.73. The Labute approximate surface area is 135 Å². The molecule has 0 unspecified atom stereocenters. The van der Waals surface area contributed by atoms with Crippen LogP contribution >= 0.6 is 39.1 Å². The van der Waals surface area contributed by atoms with E-state index >= 15 is 0 Å². The Hall–Kier alpha value is -1.04. The molecule has 0 fully saturated rings. The van der Waals surface area contributed by atoms with Crippen LogP contribution in [0.1, 0.15) is 11.4 Å². The summed E-state index contributed by atoms with van der Waals surface area (Å²) in [5, 5.41) is 7.89. The third-order valence-corrected chi connectivity index (χ3v) is 4.68. The van der Waals surface area contributed by atoms with Crippen LogP contribution in [-0.4, -0.2) is 15.7 Å². The van der Waals surface area contributed by atoms with Crippen molar-refractivity contribution in [2.45, 2.75) is 20.4 Å². The highest BCUT2D eigenvalue weighted by Crippen LogP contribution is 2.25. The van der Waals surface area contributed by atoms with Crippen LogP contribution in [0.3, 0.4) is 0 Å². The first-order valence-electron chi connectivity index (χ1n) is 5.83. The van der Waals surface area contributed by atoms with Crippen molar-refractivity contribution in [2.24, 2.45) is 0 Å². The van der Waals surface area contributed by atoms with Gasteiger partial charge in [-0.15, -0.1) is 0 Å². The molecule has 0 aliphatic heterocycles. The van der Waals surface area contributed by atoms with Gasteiger partial charge in [0.1, 0.15) is 6.54 Å². The number of hydrogen-bond donors (Lipinski definition) is 1. The minimum atomic E-state index is -0.179. The molecule has 106 valence electrons. The molecule has 2 rings (SSSR count). The lowest BCUT2D eigenvalue weighted by Gasteiger charge is -2.07. The normalized spacial score (nSPS) is 10.7. The van der Waals surface area contributed by atoms with Crippen LogP contribution in [0.4, 0.5) is 5.69 Å². The average molecular weight is 377 g/mol. The Morgan fingerprint density at radius 1 is 1.35 bits per heavy atom. The van der Waals surface area contributed by atoms with Gasteiger partial charge in [-0.2, -0.15) is 5.10 Å². The standard InChI is InChI=1S/C13H12BrCl2N3O/c1-7-13(14)8(2)19(18-7)6-12(20)17-9-3-4-10(15)11(16)5-9/h3-5H,6H2,1-2H3,(H,17,20). The Balaban J connectivity index is 2.09. The third-order valence-electron chi connectivity index (χ3n) is 2.79. The molecule has 0 spiro atoms. The molecule has 0 saturated carbocycles. The molecular weight excluding hydrogens is 365 g/mol. The topological polar surface area (TPSA) is 46.9 Å². The van der Waals surface area contributed by atoms with Crippen LogP contribution in [0, 0.1) is 13.8 Å². The number of anilines is 1. The maximum absolute atomic E-state index is 12.0. The summed E-state index contributed by atoms with van der Waals surface area (Å²) in [6, 6.07) is 4.95. The van der Waals surface area contributed by atoms with Crippen molar-refractivity contribution in [1.82, 2.24) is 9.78 Å². The van der Waals surface area contributed by atoms with E-state index in [4.69, 9.17) is 23.2 Å². The molecule has 1 N–H and O–H groups in total. The zero-order chi connectivity index (χ0) is 14.9. The number of nitrogens with one attached hydrogen (secondary N) is 1. The van der Waals surface area contributed by atoms with Gasteiger partial charge in [-0.05, 0) is 48.0 Å². The highest BCUT2D eigenvalue weighted by Gasteiger charge is 2.12. The maximum Gasteiger partial charge on any atom is 0.246 e. The number of carbonyl (C=O) groups is 1. The summed E-state index contributed by atoms with van der Waals surface area (Å²) in [5.41, 5.74) is 2.36. The van der Waals surface area contributed by atoms with Crippen LogP contribution in [0.15, 0.2) is 22.7 Å². The molecule has 0 aliphatic rings. The molecule has 20 heavy (non-hydrogen) atoms. The summed E-state index contributed by atoms with van der Waals surface area (Å²) >= 11 is 15.2. The van der Waals surface area contributed by atoms with E-state index in [1.165, 1.54) is 0 Å². The molecule has 0 saturated heterocycles. The smallest absolute Gasteiger partial charge is 0.246 e. The lowest BCUT2D eigenvalue weighted by molar-refractivity contribution is -0.116. The van der Waals surface area contributed by atoms with Gasteiger partial charge in [0.25, 0.3) is 0 Å². The van der Waals surface area contributed by atoms with Crippen molar-refractivity contribution in [1.29, 1.82) is 0 Å². The van der Waals surface area contributed by atoms with Crippen LogP contribution in [0.5, 0.6) is 0 Å². The van der Waals surface area contributed by atoms with E-state index in [9.17, 15) is 4.79 Å². The second-order valence-electron chi connectivity index (χ2n) is 4.32. The molecule has 1 aromatic carbocycles. The van der Waals surface area contributed by atoms with Gasteiger partial charge in [-0.25, -0.2) is 0 Å². The first kappa shape index (κ1) is 15.4. The van der Waals surface area contributed by atoms with E-state index in [1.54, 1.807) is 22.9 Å².